The molecule has 3 aromatic rings. The van der Waals surface area contributed by atoms with E-state index in [-0.39, 0.29) is 4.75 Å². The molecule has 0 saturated heterocycles. The van der Waals surface area contributed by atoms with Crippen LogP contribution in [0.15, 0.2) is 78.9 Å². The third-order valence-electron chi connectivity index (χ3n) is 5.55. The fourth-order valence-electron chi connectivity index (χ4n) is 4.22. The fourth-order valence-corrected chi connectivity index (χ4v) is 5.77. The van der Waals surface area contributed by atoms with Gasteiger partial charge in [0.05, 0.1) is 4.75 Å². The summed E-state index contributed by atoms with van der Waals surface area (Å²) < 4.78 is 0.0847. The van der Waals surface area contributed by atoms with E-state index in [2.05, 4.69) is 97.6 Å². The molecular formula is C24H20S. The van der Waals surface area contributed by atoms with Crippen molar-refractivity contribution in [3.63, 3.8) is 0 Å². The highest BCUT2D eigenvalue weighted by molar-refractivity contribution is 8.00. The minimum Gasteiger partial charge on any atom is -0.140 e. The number of fused-ring (bicyclic) bond motifs is 5. The Labute approximate surface area is 153 Å². The van der Waals surface area contributed by atoms with Crippen molar-refractivity contribution in [2.75, 3.05) is 5.75 Å². The Morgan fingerprint density at radius 1 is 0.760 bits per heavy atom. The van der Waals surface area contributed by atoms with Crippen LogP contribution in [0.3, 0.4) is 0 Å². The van der Waals surface area contributed by atoms with E-state index in [1.165, 1.54) is 39.0 Å². The maximum atomic E-state index is 2.47. The van der Waals surface area contributed by atoms with Crippen LogP contribution in [0.5, 0.6) is 0 Å². The van der Waals surface area contributed by atoms with Crippen LogP contribution in [-0.4, -0.2) is 5.75 Å². The second-order valence-electron chi connectivity index (χ2n) is 7.01. The molecule has 1 spiro atoms. The molecule has 1 aliphatic heterocycles. The Bertz CT molecular complexity index is 933. The van der Waals surface area contributed by atoms with Crippen molar-refractivity contribution < 1.29 is 0 Å². The first kappa shape index (κ1) is 15.0. The zero-order valence-corrected chi connectivity index (χ0v) is 15.1. The summed E-state index contributed by atoms with van der Waals surface area (Å²) in [4.78, 5) is 0. The molecule has 0 radical (unpaired) electrons. The van der Waals surface area contributed by atoms with Crippen molar-refractivity contribution in [1.82, 2.24) is 0 Å². The van der Waals surface area contributed by atoms with Crippen molar-refractivity contribution in [2.24, 2.45) is 0 Å². The minimum absolute atomic E-state index is 0.0847. The molecular weight excluding hydrogens is 320 g/mol. The summed E-state index contributed by atoms with van der Waals surface area (Å²) in [6, 6.07) is 26.9. The molecule has 0 unspecified atom stereocenters. The van der Waals surface area contributed by atoms with Gasteiger partial charge in [-0.1, -0.05) is 84.4 Å². The molecule has 0 amide bonds. The van der Waals surface area contributed by atoms with E-state index in [1.54, 1.807) is 0 Å². The lowest BCUT2D eigenvalue weighted by atomic mass is 9.90. The first-order valence-corrected chi connectivity index (χ1v) is 9.86. The van der Waals surface area contributed by atoms with Gasteiger partial charge in [-0.3, -0.25) is 0 Å². The van der Waals surface area contributed by atoms with E-state index < -0.39 is 0 Å². The summed E-state index contributed by atoms with van der Waals surface area (Å²) in [6.45, 7) is 2.15. The normalized spacial score (nSPS) is 17.1. The molecule has 0 N–H and O–H groups in total. The first-order chi connectivity index (χ1) is 12.3. The summed E-state index contributed by atoms with van der Waals surface area (Å²) in [6.07, 6.45) is 3.54. The molecule has 122 valence electrons. The molecule has 5 rings (SSSR count). The van der Waals surface area contributed by atoms with Gasteiger partial charge in [-0.2, -0.15) is 0 Å². The van der Waals surface area contributed by atoms with Crippen molar-refractivity contribution >= 4 is 17.3 Å². The highest BCUT2D eigenvalue weighted by Gasteiger charge is 2.44. The quantitative estimate of drug-likeness (QED) is 0.491. The Hall–Kier alpha value is -2.25. The lowest BCUT2D eigenvalue weighted by Crippen LogP contribution is -2.23. The van der Waals surface area contributed by atoms with Gasteiger partial charge >= 0.3 is 0 Å². The van der Waals surface area contributed by atoms with E-state index >= 15 is 0 Å². The predicted molar refractivity (Wildman–Crippen MR) is 109 cm³/mol. The number of hydrogen-bond donors (Lipinski definition) is 0. The first-order valence-electron chi connectivity index (χ1n) is 8.87. The van der Waals surface area contributed by atoms with Crippen LogP contribution in [0, 0.1) is 6.92 Å². The van der Waals surface area contributed by atoms with Crippen LogP contribution in [0.1, 0.15) is 28.7 Å². The van der Waals surface area contributed by atoms with Crippen LogP contribution < -0.4 is 0 Å². The average molecular weight is 340 g/mol. The van der Waals surface area contributed by atoms with E-state index in [0.717, 1.165) is 12.2 Å². The van der Waals surface area contributed by atoms with Gasteiger partial charge in [-0.25, -0.2) is 0 Å². The molecule has 0 nitrogen and oxygen atoms in total. The zero-order chi connectivity index (χ0) is 16.9. The largest absolute Gasteiger partial charge is 0.140 e. The summed E-state index contributed by atoms with van der Waals surface area (Å²) >= 11 is 2.10. The molecule has 2 aliphatic rings. The van der Waals surface area contributed by atoms with Crippen molar-refractivity contribution in [3.05, 3.63) is 101 Å². The molecule has 25 heavy (non-hydrogen) atoms. The van der Waals surface area contributed by atoms with Gasteiger partial charge in [-0.15, -0.1) is 11.8 Å². The number of aryl methyl sites for hydroxylation is 1. The molecule has 1 heteroatoms. The summed E-state index contributed by atoms with van der Waals surface area (Å²) in [7, 11) is 0. The molecule has 1 heterocycles. The molecule has 1 aliphatic carbocycles. The van der Waals surface area contributed by atoms with Crippen LogP contribution in [0.2, 0.25) is 0 Å². The van der Waals surface area contributed by atoms with Gasteiger partial charge in [0.1, 0.15) is 0 Å². The van der Waals surface area contributed by atoms with Gasteiger partial charge in [0, 0.05) is 5.75 Å². The number of benzene rings is 3. The highest BCUT2D eigenvalue weighted by atomic mass is 32.2. The van der Waals surface area contributed by atoms with Crippen LogP contribution in [0.25, 0.3) is 16.7 Å². The second-order valence-corrected chi connectivity index (χ2v) is 8.28. The maximum Gasteiger partial charge on any atom is 0.0706 e. The van der Waals surface area contributed by atoms with Crippen molar-refractivity contribution in [1.29, 1.82) is 0 Å². The van der Waals surface area contributed by atoms with E-state index in [0.29, 0.717) is 0 Å². The Balaban J connectivity index is 1.60. The summed E-state index contributed by atoms with van der Waals surface area (Å²) in [5.74, 6) is 1.06. The summed E-state index contributed by atoms with van der Waals surface area (Å²) in [5.41, 5.74) is 9.96. The van der Waals surface area contributed by atoms with E-state index in [9.17, 15) is 0 Å². The third kappa shape index (κ3) is 2.22. The van der Waals surface area contributed by atoms with Gasteiger partial charge in [0.15, 0.2) is 0 Å². The minimum atomic E-state index is 0.0847. The van der Waals surface area contributed by atoms with Gasteiger partial charge in [-0.05, 0) is 46.7 Å². The van der Waals surface area contributed by atoms with Gasteiger partial charge in [0.25, 0.3) is 0 Å². The third-order valence-corrected chi connectivity index (χ3v) is 7.10. The van der Waals surface area contributed by atoms with Crippen LogP contribution in [0.4, 0.5) is 0 Å². The lowest BCUT2D eigenvalue weighted by Gasteiger charge is -2.34. The van der Waals surface area contributed by atoms with E-state index in [4.69, 9.17) is 0 Å². The van der Waals surface area contributed by atoms with Gasteiger partial charge in [0.2, 0.25) is 0 Å². The molecule has 0 aromatic heterocycles. The Kier molecular flexibility index (Phi) is 3.39. The second kappa shape index (κ2) is 5.64. The van der Waals surface area contributed by atoms with Gasteiger partial charge < -0.3 is 0 Å². The molecule has 0 bridgehead atoms. The van der Waals surface area contributed by atoms with Crippen molar-refractivity contribution in [2.45, 2.75) is 18.1 Å². The number of hydrogen-bond acceptors (Lipinski definition) is 1. The van der Waals surface area contributed by atoms with Crippen molar-refractivity contribution in [3.8, 4) is 11.1 Å². The maximum absolute atomic E-state index is 2.47. The Morgan fingerprint density at radius 2 is 1.36 bits per heavy atom. The topological polar surface area (TPSA) is 0 Å². The SMILES string of the molecule is Cc1ccc(C2=CCC3(SC2)c2ccccc2-c2ccccc23)cc1. The molecule has 0 atom stereocenters. The Morgan fingerprint density at radius 3 is 1.92 bits per heavy atom. The molecule has 3 aromatic carbocycles. The number of allylic oxidation sites excluding steroid dienone is 1. The summed E-state index contributed by atoms with van der Waals surface area (Å²) in [5, 5.41) is 0. The van der Waals surface area contributed by atoms with Crippen LogP contribution >= 0.6 is 11.8 Å². The average Bonchev–Trinajstić information content (AvgIpc) is 2.94. The molecule has 0 saturated carbocycles. The fraction of sp³-hybridized carbons (Fsp3) is 0.167. The molecule has 0 fully saturated rings. The smallest absolute Gasteiger partial charge is 0.0706 e. The zero-order valence-electron chi connectivity index (χ0n) is 14.3. The number of rotatable bonds is 1. The standard InChI is InChI=1S/C24H20S/c1-17-10-12-18(13-11-17)19-14-15-24(25-16-19)22-8-4-2-6-20(22)21-7-3-5-9-23(21)24/h2-14H,15-16H2,1H3. The monoisotopic (exact) mass is 340 g/mol. The highest BCUT2D eigenvalue weighted by Crippen LogP contribution is 2.59. The van der Waals surface area contributed by atoms with E-state index in [1.807, 2.05) is 0 Å². The van der Waals surface area contributed by atoms with Crippen LogP contribution in [-0.2, 0) is 4.75 Å². The predicted octanol–water partition coefficient (Wildman–Crippen LogP) is 6.44. The lowest BCUT2D eigenvalue weighted by molar-refractivity contribution is 0.773. The number of thioether (sulfide) groups is 1.